The topological polar surface area (TPSA) is 86.1 Å². The van der Waals surface area contributed by atoms with Gasteiger partial charge in [-0.1, -0.05) is 49.7 Å². The average Bonchev–Trinajstić information content (AvgIpc) is 3.58. The molecule has 1 aromatic carbocycles. The molecule has 1 aliphatic carbocycles. The van der Waals surface area contributed by atoms with E-state index in [0.29, 0.717) is 15.7 Å². The van der Waals surface area contributed by atoms with Crippen molar-refractivity contribution in [3.63, 3.8) is 0 Å². The van der Waals surface area contributed by atoms with Crippen LogP contribution < -0.4 is 5.32 Å². The molecule has 4 aromatic rings. The molecule has 1 amide bonds. The fourth-order valence-electron chi connectivity index (χ4n) is 4.79. The number of nitrogens with zero attached hydrogens (tertiary/aromatic N) is 3. The Morgan fingerprint density at radius 1 is 1.14 bits per heavy atom. The molecule has 0 fully saturated rings. The van der Waals surface area contributed by atoms with Gasteiger partial charge >= 0.3 is 5.97 Å². The molecule has 7 nitrogen and oxygen atoms in total. The van der Waals surface area contributed by atoms with Crippen LogP contribution in [0.25, 0.3) is 21.5 Å². The van der Waals surface area contributed by atoms with Crippen LogP contribution in [-0.4, -0.2) is 39.5 Å². The maximum atomic E-state index is 13.0. The minimum Gasteiger partial charge on any atom is -0.465 e. The summed E-state index contributed by atoms with van der Waals surface area (Å²) in [5.41, 5.74) is 2.65. The van der Waals surface area contributed by atoms with E-state index in [2.05, 4.69) is 44.5 Å². The van der Waals surface area contributed by atoms with Crippen LogP contribution in [0.2, 0.25) is 0 Å². The van der Waals surface area contributed by atoms with E-state index in [0.717, 1.165) is 67.4 Å². The molecule has 37 heavy (non-hydrogen) atoms. The largest absolute Gasteiger partial charge is 0.465 e. The fraction of sp³-hybridized carbons (Fsp3) is 0.407. The standard InChI is InChI=1S/C27H30N4O3S3/c1-3-14-31-24(19-15-35-20-12-9-8-10-17(19)20)29-30-27(31)36-16-22(32)28-25-23(26(33)34-2)18-11-6-4-5-7-13-21(18)37-25/h8-10,12,15H,3-7,11,13-14,16H2,1-2H3,(H,28,32). The Kier molecular flexibility index (Phi) is 8.26. The van der Waals surface area contributed by atoms with Crippen molar-refractivity contribution in [2.75, 3.05) is 18.2 Å². The first-order chi connectivity index (χ1) is 18.1. The molecular weight excluding hydrogens is 525 g/mol. The Labute approximate surface area is 228 Å². The summed E-state index contributed by atoms with van der Waals surface area (Å²) < 4.78 is 8.40. The zero-order chi connectivity index (χ0) is 25.8. The highest BCUT2D eigenvalue weighted by molar-refractivity contribution is 7.99. The molecule has 194 valence electrons. The molecule has 0 unspecified atom stereocenters. The first-order valence-electron chi connectivity index (χ1n) is 12.7. The Hall–Kier alpha value is -2.69. The minimum absolute atomic E-state index is 0.169. The van der Waals surface area contributed by atoms with Gasteiger partial charge in [-0.3, -0.25) is 4.79 Å². The summed E-state index contributed by atoms with van der Waals surface area (Å²) >= 11 is 4.58. The number of carbonyl (C=O) groups is 2. The van der Waals surface area contributed by atoms with Gasteiger partial charge in [-0.05, 0) is 43.7 Å². The number of hydrogen-bond acceptors (Lipinski definition) is 8. The van der Waals surface area contributed by atoms with Gasteiger partial charge in [0, 0.05) is 32.5 Å². The van der Waals surface area contributed by atoms with E-state index >= 15 is 0 Å². The van der Waals surface area contributed by atoms with Crippen molar-refractivity contribution in [1.29, 1.82) is 0 Å². The SMILES string of the molecule is CCCn1c(SCC(=O)Nc2sc3c(c2C(=O)OC)CCCCCC3)nnc1-c1csc2ccccc12. The maximum absolute atomic E-state index is 13.0. The van der Waals surface area contributed by atoms with E-state index in [1.54, 1.807) is 11.3 Å². The van der Waals surface area contributed by atoms with Crippen molar-refractivity contribution in [2.45, 2.75) is 63.6 Å². The summed E-state index contributed by atoms with van der Waals surface area (Å²) in [5, 5.41) is 16.6. The maximum Gasteiger partial charge on any atom is 0.341 e. The first-order valence-corrected chi connectivity index (χ1v) is 15.3. The molecule has 1 N–H and O–H groups in total. The van der Waals surface area contributed by atoms with Crippen molar-refractivity contribution in [3.05, 3.63) is 45.6 Å². The number of esters is 1. The van der Waals surface area contributed by atoms with Crippen LogP contribution in [-0.2, 0) is 28.9 Å². The zero-order valence-corrected chi connectivity index (χ0v) is 23.5. The van der Waals surface area contributed by atoms with Crippen molar-refractivity contribution in [2.24, 2.45) is 0 Å². The summed E-state index contributed by atoms with van der Waals surface area (Å²) in [6.45, 7) is 2.88. The van der Waals surface area contributed by atoms with E-state index in [9.17, 15) is 9.59 Å². The van der Waals surface area contributed by atoms with E-state index in [1.807, 2.05) is 12.1 Å². The molecule has 0 aliphatic heterocycles. The van der Waals surface area contributed by atoms with Gasteiger partial charge in [0.25, 0.3) is 0 Å². The lowest BCUT2D eigenvalue weighted by atomic mass is 9.96. The third-order valence-corrected chi connectivity index (χ3v) is 9.67. The van der Waals surface area contributed by atoms with Crippen molar-refractivity contribution >= 4 is 61.4 Å². The summed E-state index contributed by atoms with van der Waals surface area (Å²) in [4.78, 5) is 26.9. The number of anilines is 1. The number of fused-ring (bicyclic) bond motifs is 2. The number of nitrogens with one attached hydrogen (secondary N) is 1. The highest BCUT2D eigenvalue weighted by Gasteiger charge is 2.26. The average molecular weight is 555 g/mol. The molecule has 0 radical (unpaired) electrons. The van der Waals surface area contributed by atoms with E-state index < -0.39 is 0 Å². The Morgan fingerprint density at radius 3 is 2.76 bits per heavy atom. The molecular formula is C27H30N4O3S3. The molecule has 0 bridgehead atoms. The molecule has 0 spiro atoms. The summed E-state index contributed by atoms with van der Waals surface area (Å²) in [6, 6.07) is 8.29. The zero-order valence-electron chi connectivity index (χ0n) is 21.0. The Balaban J connectivity index is 1.35. The summed E-state index contributed by atoms with van der Waals surface area (Å²) in [7, 11) is 1.39. The second-order valence-corrected chi connectivity index (χ2v) is 12.0. The Bertz CT molecular complexity index is 1420. The van der Waals surface area contributed by atoms with Gasteiger partial charge in [-0.15, -0.1) is 32.9 Å². The molecule has 3 heterocycles. The van der Waals surface area contributed by atoms with Crippen LogP contribution in [0.15, 0.2) is 34.8 Å². The number of methoxy groups -OCH3 is 1. The van der Waals surface area contributed by atoms with Crippen molar-refractivity contribution in [1.82, 2.24) is 14.8 Å². The third-order valence-electron chi connectivity index (χ3n) is 6.53. The normalized spacial score (nSPS) is 13.7. The van der Waals surface area contributed by atoms with Crippen LogP contribution in [0.4, 0.5) is 5.00 Å². The first kappa shape index (κ1) is 25.9. The van der Waals surface area contributed by atoms with Crippen LogP contribution in [0.5, 0.6) is 0 Å². The van der Waals surface area contributed by atoms with Crippen molar-refractivity contribution in [3.8, 4) is 11.4 Å². The second kappa shape index (κ2) is 11.8. The number of aryl methyl sites for hydroxylation is 1. The predicted molar refractivity (Wildman–Crippen MR) is 152 cm³/mol. The van der Waals surface area contributed by atoms with Crippen LogP contribution in [0, 0.1) is 0 Å². The number of amides is 1. The van der Waals surface area contributed by atoms with Gasteiger partial charge < -0.3 is 14.6 Å². The Morgan fingerprint density at radius 2 is 1.95 bits per heavy atom. The van der Waals surface area contributed by atoms with Gasteiger partial charge in [-0.2, -0.15) is 0 Å². The number of ether oxygens (including phenoxy) is 1. The number of thiophene rings is 2. The number of thioether (sulfide) groups is 1. The van der Waals surface area contributed by atoms with Gasteiger partial charge in [0.1, 0.15) is 5.00 Å². The molecule has 3 aromatic heterocycles. The number of benzene rings is 1. The van der Waals surface area contributed by atoms with Gasteiger partial charge in [0.15, 0.2) is 11.0 Å². The molecule has 10 heteroatoms. The molecule has 0 saturated carbocycles. The molecule has 0 atom stereocenters. The van der Waals surface area contributed by atoms with E-state index in [-0.39, 0.29) is 17.6 Å². The van der Waals surface area contributed by atoms with Crippen LogP contribution in [0.1, 0.15) is 59.8 Å². The lowest BCUT2D eigenvalue weighted by Crippen LogP contribution is -2.17. The number of rotatable bonds is 8. The van der Waals surface area contributed by atoms with Crippen LogP contribution >= 0.6 is 34.4 Å². The highest BCUT2D eigenvalue weighted by Crippen LogP contribution is 2.38. The molecule has 1 aliphatic rings. The number of hydrogen-bond donors (Lipinski definition) is 1. The van der Waals surface area contributed by atoms with Crippen LogP contribution in [0.3, 0.4) is 0 Å². The van der Waals surface area contributed by atoms with Crippen molar-refractivity contribution < 1.29 is 14.3 Å². The van der Waals surface area contributed by atoms with E-state index in [1.165, 1.54) is 46.2 Å². The van der Waals surface area contributed by atoms with Gasteiger partial charge in [0.2, 0.25) is 5.91 Å². The fourth-order valence-corrected chi connectivity index (χ4v) is 7.79. The summed E-state index contributed by atoms with van der Waals surface area (Å²) in [5.74, 6) is 0.456. The third kappa shape index (κ3) is 5.46. The number of carbonyl (C=O) groups excluding carboxylic acids is 2. The quantitative estimate of drug-likeness (QED) is 0.190. The van der Waals surface area contributed by atoms with Gasteiger partial charge in [0.05, 0.1) is 18.4 Å². The van der Waals surface area contributed by atoms with E-state index in [4.69, 9.17) is 4.74 Å². The highest BCUT2D eigenvalue weighted by atomic mass is 32.2. The smallest absolute Gasteiger partial charge is 0.341 e. The second-order valence-electron chi connectivity index (χ2n) is 9.05. The lowest BCUT2D eigenvalue weighted by molar-refractivity contribution is -0.113. The minimum atomic E-state index is -0.378. The molecule has 0 saturated heterocycles. The monoisotopic (exact) mass is 554 g/mol. The van der Waals surface area contributed by atoms with Gasteiger partial charge in [-0.25, -0.2) is 4.79 Å². The number of aromatic nitrogens is 3. The lowest BCUT2D eigenvalue weighted by Gasteiger charge is -2.11. The summed E-state index contributed by atoms with van der Waals surface area (Å²) in [6.07, 6.45) is 7.23. The predicted octanol–water partition coefficient (Wildman–Crippen LogP) is 6.81. The molecule has 5 rings (SSSR count).